The number of rotatable bonds is 8. The number of hydrogen-bond donors (Lipinski definition) is 2. The van der Waals surface area contributed by atoms with E-state index in [0.29, 0.717) is 29.2 Å². The second kappa shape index (κ2) is 10.8. The SMILES string of the molecule is COc1ccc(C2/C(=C(/O)c3ccc(OCc4ccccc4)c(C)c3)C(=O)C(=O)N2Cc2ccco2)cc1O. The molecule has 198 valence electrons. The molecule has 4 aromatic rings. The Morgan fingerprint density at radius 1 is 0.974 bits per heavy atom. The molecule has 1 aromatic heterocycles. The van der Waals surface area contributed by atoms with Crippen molar-refractivity contribution in [2.75, 3.05) is 7.11 Å². The van der Waals surface area contributed by atoms with Crippen molar-refractivity contribution in [1.82, 2.24) is 4.90 Å². The van der Waals surface area contributed by atoms with E-state index < -0.39 is 17.7 Å². The molecule has 0 aliphatic carbocycles. The number of methoxy groups -OCH3 is 1. The van der Waals surface area contributed by atoms with Crippen molar-refractivity contribution in [2.45, 2.75) is 26.1 Å². The number of carbonyl (C=O) groups is 2. The van der Waals surface area contributed by atoms with Gasteiger partial charge in [0, 0.05) is 5.56 Å². The minimum absolute atomic E-state index is 0.00287. The second-order valence-corrected chi connectivity index (χ2v) is 9.19. The highest BCUT2D eigenvalue weighted by atomic mass is 16.5. The zero-order chi connectivity index (χ0) is 27.5. The van der Waals surface area contributed by atoms with Gasteiger partial charge in [-0.1, -0.05) is 36.4 Å². The van der Waals surface area contributed by atoms with Crippen molar-refractivity contribution >= 4 is 17.4 Å². The van der Waals surface area contributed by atoms with Crippen LogP contribution in [-0.2, 0) is 22.7 Å². The normalized spacial score (nSPS) is 16.5. The predicted octanol–water partition coefficient (Wildman–Crippen LogP) is 5.50. The first kappa shape index (κ1) is 25.7. The van der Waals surface area contributed by atoms with E-state index in [1.807, 2.05) is 37.3 Å². The molecule has 0 spiro atoms. The number of aryl methyl sites for hydroxylation is 1. The molecule has 8 heteroatoms. The van der Waals surface area contributed by atoms with E-state index >= 15 is 0 Å². The molecule has 1 amide bonds. The van der Waals surface area contributed by atoms with E-state index in [0.717, 1.165) is 11.1 Å². The number of furan rings is 1. The molecule has 1 atom stereocenters. The van der Waals surface area contributed by atoms with Crippen LogP contribution in [0.4, 0.5) is 0 Å². The number of hydrogen-bond acceptors (Lipinski definition) is 7. The van der Waals surface area contributed by atoms with Crippen LogP contribution in [0.1, 0.15) is 34.1 Å². The molecule has 1 unspecified atom stereocenters. The molecule has 5 rings (SSSR count). The van der Waals surface area contributed by atoms with Crippen LogP contribution in [0.15, 0.2) is 95.1 Å². The molecule has 0 bridgehead atoms. The lowest BCUT2D eigenvalue weighted by Gasteiger charge is -2.25. The van der Waals surface area contributed by atoms with Crippen LogP contribution in [0.3, 0.4) is 0 Å². The number of carbonyl (C=O) groups excluding carboxylic acids is 2. The molecule has 3 aromatic carbocycles. The first-order valence-electron chi connectivity index (χ1n) is 12.3. The van der Waals surface area contributed by atoms with Crippen molar-refractivity contribution in [2.24, 2.45) is 0 Å². The summed E-state index contributed by atoms with van der Waals surface area (Å²) < 4.78 is 16.5. The van der Waals surface area contributed by atoms with Gasteiger partial charge in [0.2, 0.25) is 0 Å². The van der Waals surface area contributed by atoms with Gasteiger partial charge in [0.25, 0.3) is 11.7 Å². The molecule has 0 radical (unpaired) electrons. The number of Topliss-reactive ketones (excluding diaryl/α,β-unsaturated/α-hetero) is 1. The fourth-order valence-corrected chi connectivity index (χ4v) is 4.69. The number of likely N-dealkylation sites (tertiary alicyclic amines) is 1. The zero-order valence-corrected chi connectivity index (χ0v) is 21.5. The number of aromatic hydroxyl groups is 1. The van der Waals surface area contributed by atoms with Crippen molar-refractivity contribution in [3.05, 3.63) is 119 Å². The summed E-state index contributed by atoms with van der Waals surface area (Å²) in [6.07, 6.45) is 1.48. The lowest BCUT2D eigenvalue weighted by Crippen LogP contribution is -2.29. The maximum atomic E-state index is 13.3. The molecule has 1 aliphatic heterocycles. The Labute approximate surface area is 225 Å². The van der Waals surface area contributed by atoms with Crippen LogP contribution in [0, 0.1) is 6.92 Å². The van der Waals surface area contributed by atoms with Crippen LogP contribution in [0.2, 0.25) is 0 Å². The molecule has 0 saturated carbocycles. The highest BCUT2D eigenvalue weighted by Crippen LogP contribution is 2.42. The first-order valence-corrected chi connectivity index (χ1v) is 12.3. The molecule has 1 aliphatic rings. The third-order valence-electron chi connectivity index (χ3n) is 6.65. The topological polar surface area (TPSA) is 109 Å². The van der Waals surface area contributed by atoms with Crippen LogP contribution in [0.5, 0.6) is 17.2 Å². The quantitative estimate of drug-likeness (QED) is 0.178. The maximum Gasteiger partial charge on any atom is 0.296 e. The van der Waals surface area contributed by atoms with Gasteiger partial charge < -0.3 is 29.0 Å². The predicted molar refractivity (Wildman–Crippen MR) is 143 cm³/mol. The number of aliphatic hydroxyl groups is 1. The summed E-state index contributed by atoms with van der Waals surface area (Å²) in [5.74, 6) is -0.763. The van der Waals surface area contributed by atoms with Crippen LogP contribution < -0.4 is 9.47 Å². The summed E-state index contributed by atoms with van der Waals surface area (Å²) >= 11 is 0. The summed E-state index contributed by atoms with van der Waals surface area (Å²) in [5.41, 5.74) is 2.47. The van der Waals surface area contributed by atoms with Crippen molar-refractivity contribution in [3.8, 4) is 17.2 Å². The molecule has 1 saturated heterocycles. The second-order valence-electron chi connectivity index (χ2n) is 9.19. The third-order valence-corrected chi connectivity index (χ3v) is 6.65. The van der Waals surface area contributed by atoms with Gasteiger partial charge in [0.15, 0.2) is 11.5 Å². The van der Waals surface area contributed by atoms with Crippen molar-refractivity contribution < 1.29 is 33.7 Å². The van der Waals surface area contributed by atoms with Gasteiger partial charge in [-0.05, 0) is 66.1 Å². The third kappa shape index (κ3) is 5.09. The smallest absolute Gasteiger partial charge is 0.296 e. The summed E-state index contributed by atoms with van der Waals surface area (Å²) in [5, 5.41) is 21.8. The Hall–Kier alpha value is -4.98. The van der Waals surface area contributed by atoms with Crippen molar-refractivity contribution in [1.29, 1.82) is 0 Å². The Balaban J connectivity index is 1.53. The largest absolute Gasteiger partial charge is 0.507 e. The average molecular weight is 526 g/mol. The fraction of sp³-hybridized carbons (Fsp3) is 0.161. The van der Waals surface area contributed by atoms with E-state index in [1.54, 1.807) is 42.5 Å². The van der Waals surface area contributed by atoms with Gasteiger partial charge in [-0.15, -0.1) is 0 Å². The molecule has 1 fully saturated rings. The number of aliphatic hydroxyl groups excluding tert-OH is 1. The Morgan fingerprint density at radius 3 is 2.41 bits per heavy atom. The van der Waals surface area contributed by atoms with E-state index in [2.05, 4.69) is 0 Å². The molecule has 2 heterocycles. The number of amides is 1. The monoisotopic (exact) mass is 525 g/mol. The first-order chi connectivity index (χ1) is 18.9. The summed E-state index contributed by atoms with van der Waals surface area (Å²) in [6.45, 7) is 2.22. The number of ketones is 1. The van der Waals surface area contributed by atoms with Crippen molar-refractivity contribution in [3.63, 3.8) is 0 Å². The van der Waals surface area contributed by atoms with E-state index in [4.69, 9.17) is 13.9 Å². The number of nitrogens with zero attached hydrogens (tertiary/aromatic N) is 1. The van der Waals surface area contributed by atoms with Gasteiger partial charge in [-0.3, -0.25) is 9.59 Å². The zero-order valence-electron chi connectivity index (χ0n) is 21.5. The standard InChI is InChI=1S/C31H27NO7/c1-19-15-22(11-12-25(19)39-18-20-7-4-3-5-8-20)29(34)27-28(21-10-13-26(37-2)24(33)16-21)32(31(36)30(27)35)17-23-9-6-14-38-23/h3-16,28,33-34H,17-18H2,1-2H3/b29-27-. The minimum atomic E-state index is -0.971. The van der Waals surface area contributed by atoms with Crippen LogP contribution >= 0.6 is 0 Å². The summed E-state index contributed by atoms with van der Waals surface area (Å²) in [4.78, 5) is 27.8. The Morgan fingerprint density at radius 2 is 1.74 bits per heavy atom. The van der Waals surface area contributed by atoms with Crippen LogP contribution in [0.25, 0.3) is 5.76 Å². The highest BCUT2D eigenvalue weighted by molar-refractivity contribution is 6.46. The number of ether oxygens (including phenoxy) is 2. The Bertz CT molecular complexity index is 1540. The lowest BCUT2D eigenvalue weighted by molar-refractivity contribution is -0.140. The van der Waals surface area contributed by atoms with Gasteiger partial charge in [0.1, 0.15) is 23.9 Å². The Kier molecular flexibility index (Phi) is 7.10. The number of phenolic OH excluding ortho intramolecular Hbond substituents is 1. The van der Waals surface area contributed by atoms with Gasteiger partial charge in [0.05, 0.1) is 31.5 Å². The summed E-state index contributed by atoms with van der Waals surface area (Å²) in [6, 6.07) is 21.8. The van der Waals surface area contributed by atoms with Gasteiger partial charge >= 0.3 is 0 Å². The number of benzene rings is 3. The van der Waals surface area contributed by atoms with E-state index in [9.17, 15) is 19.8 Å². The number of phenols is 1. The molecule has 8 nitrogen and oxygen atoms in total. The van der Waals surface area contributed by atoms with Crippen LogP contribution in [-0.4, -0.2) is 33.9 Å². The average Bonchev–Trinajstić information content (AvgIpc) is 3.55. The van der Waals surface area contributed by atoms with Gasteiger partial charge in [-0.25, -0.2) is 0 Å². The maximum absolute atomic E-state index is 13.3. The lowest BCUT2D eigenvalue weighted by atomic mass is 9.94. The van der Waals surface area contributed by atoms with E-state index in [-0.39, 0.29) is 29.4 Å². The summed E-state index contributed by atoms with van der Waals surface area (Å²) in [7, 11) is 1.42. The highest BCUT2D eigenvalue weighted by Gasteiger charge is 2.46. The van der Waals surface area contributed by atoms with Gasteiger partial charge in [-0.2, -0.15) is 0 Å². The van der Waals surface area contributed by atoms with E-state index in [1.165, 1.54) is 24.3 Å². The molecular formula is C31H27NO7. The molecular weight excluding hydrogens is 498 g/mol. The minimum Gasteiger partial charge on any atom is -0.507 e. The fourth-order valence-electron chi connectivity index (χ4n) is 4.69. The molecule has 39 heavy (non-hydrogen) atoms. The molecule has 2 N–H and O–H groups in total.